The molecule has 0 aliphatic heterocycles. The molecule has 0 fully saturated rings. The zero-order valence-corrected chi connectivity index (χ0v) is 40.1. The molecular weight excluding hydrogens is 763 g/mol. The summed E-state index contributed by atoms with van der Waals surface area (Å²) in [6.45, 7) is 4.54. The Morgan fingerprint density at radius 3 is 1.36 bits per heavy atom. The molecule has 0 saturated heterocycles. The molecule has 0 aromatic carbocycles. The van der Waals surface area contributed by atoms with Crippen molar-refractivity contribution in [2.75, 3.05) is 41.0 Å². The van der Waals surface area contributed by atoms with Gasteiger partial charge in [0.2, 0.25) is 0 Å². The van der Waals surface area contributed by atoms with Gasteiger partial charge in [0.05, 0.1) is 40.3 Å². The van der Waals surface area contributed by atoms with Crippen molar-refractivity contribution < 1.29 is 38.2 Å². The van der Waals surface area contributed by atoms with E-state index in [1.807, 2.05) is 0 Å². The number of carbonyl (C=O) groups excluding carboxylic acids is 3. The van der Waals surface area contributed by atoms with Crippen molar-refractivity contribution in [3.63, 3.8) is 0 Å². The van der Waals surface area contributed by atoms with Gasteiger partial charge in [0.25, 0.3) is 0 Å². The maximum absolute atomic E-state index is 12.8. The van der Waals surface area contributed by atoms with E-state index in [0.29, 0.717) is 12.8 Å². The predicted molar refractivity (Wildman–Crippen MR) is 254 cm³/mol. The number of likely N-dealkylation sites (N-methyl/N-ethyl adjacent to an activating group) is 1. The molecule has 0 aromatic rings. The van der Waals surface area contributed by atoms with Crippen LogP contribution in [0.25, 0.3) is 0 Å². The molecule has 0 spiro atoms. The van der Waals surface area contributed by atoms with E-state index in [-0.39, 0.29) is 42.7 Å². The molecule has 0 aliphatic carbocycles. The topological polar surface area (TPSA) is 102 Å². The van der Waals surface area contributed by atoms with Crippen LogP contribution in [0, 0.1) is 0 Å². The molecule has 61 heavy (non-hydrogen) atoms. The smallest absolute Gasteiger partial charge is 0.306 e. The molecule has 2 unspecified atom stereocenters. The van der Waals surface area contributed by atoms with E-state index in [4.69, 9.17) is 14.2 Å². The Kier molecular flexibility index (Phi) is 41.5. The van der Waals surface area contributed by atoms with Crippen molar-refractivity contribution in [3.05, 3.63) is 60.8 Å². The van der Waals surface area contributed by atoms with E-state index in [0.717, 1.165) is 83.5 Å². The Bertz CT molecular complexity index is 1180. The average Bonchev–Trinajstić information content (AvgIpc) is 3.22. The van der Waals surface area contributed by atoms with Crippen molar-refractivity contribution >= 4 is 17.9 Å². The average molecular weight is 856 g/mol. The monoisotopic (exact) mass is 856 g/mol. The van der Waals surface area contributed by atoms with Crippen molar-refractivity contribution in [1.29, 1.82) is 0 Å². The molecule has 8 heteroatoms. The Balaban J connectivity index is 4.32. The van der Waals surface area contributed by atoms with Crippen molar-refractivity contribution in [2.24, 2.45) is 0 Å². The Morgan fingerprint density at radius 2 is 0.918 bits per heavy atom. The van der Waals surface area contributed by atoms with E-state index < -0.39 is 18.1 Å². The lowest BCUT2D eigenvalue weighted by Gasteiger charge is -2.34. The molecule has 0 bridgehead atoms. The summed E-state index contributed by atoms with van der Waals surface area (Å²) in [5.41, 5.74) is 0. The standard InChI is InChI=1S/C53H93NO7/c1-6-8-10-12-14-16-18-20-22-24-25-26-28-30-32-34-36-38-40-42-44-52(56)61-49(47-59-46-45-50(53(57)58)54(3,4)5)48-60-51(55)43-41-39-37-35-33-31-29-27-23-21-19-17-15-13-11-9-7-2/h8,10,14,16,20,22,25-26,30,32,49-50H,6-7,9,11-13,15,17-19,21,23-24,27-29,31,33-48H2,1-5H3/b10-8+,16-14+,22-20+,26-25+,32-30+. The SMILES string of the molecule is CC/C=C/C/C=C/C/C=C/C/C=C/C/C=C/CCCCCCC(=O)OC(COCCC(C(=O)[O-])[N+](C)(C)C)COC(=O)CCCCCCCCCCCCCCCCCCC. The number of unbranched alkanes of at least 4 members (excludes halogenated alkanes) is 20. The molecule has 0 heterocycles. The predicted octanol–water partition coefficient (Wildman–Crippen LogP) is 12.8. The van der Waals surface area contributed by atoms with Crippen LogP contribution in [0.2, 0.25) is 0 Å². The fourth-order valence-electron chi connectivity index (χ4n) is 7.10. The number of carboxylic acid groups (broad SMARTS) is 1. The lowest BCUT2D eigenvalue weighted by Crippen LogP contribution is -2.55. The highest BCUT2D eigenvalue weighted by atomic mass is 16.6. The second-order valence-electron chi connectivity index (χ2n) is 17.7. The summed E-state index contributed by atoms with van der Waals surface area (Å²) in [6.07, 6.45) is 53.9. The molecule has 0 rings (SSSR count). The summed E-state index contributed by atoms with van der Waals surface area (Å²) < 4.78 is 17.2. The first kappa shape index (κ1) is 58.0. The fraction of sp³-hybridized carbons (Fsp3) is 0.755. The Morgan fingerprint density at radius 1 is 0.508 bits per heavy atom. The zero-order valence-electron chi connectivity index (χ0n) is 40.1. The van der Waals surface area contributed by atoms with Gasteiger partial charge >= 0.3 is 11.9 Å². The van der Waals surface area contributed by atoms with Gasteiger partial charge in [-0.05, 0) is 57.8 Å². The van der Waals surface area contributed by atoms with Crippen LogP contribution in [0.4, 0.5) is 0 Å². The van der Waals surface area contributed by atoms with E-state index in [1.54, 1.807) is 21.1 Å². The normalized spacial score (nSPS) is 13.4. The van der Waals surface area contributed by atoms with Gasteiger partial charge in [-0.2, -0.15) is 0 Å². The van der Waals surface area contributed by atoms with Crippen LogP contribution in [0.3, 0.4) is 0 Å². The van der Waals surface area contributed by atoms with Gasteiger partial charge in [-0.1, -0.05) is 190 Å². The van der Waals surface area contributed by atoms with Crippen molar-refractivity contribution in [3.8, 4) is 0 Å². The number of esters is 2. The highest BCUT2D eigenvalue weighted by Gasteiger charge is 2.25. The first-order valence-corrected chi connectivity index (χ1v) is 24.8. The van der Waals surface area contributed by atoms with Gasteiger partial charge in [-0.25, -0.2) is 0 Å². The minimum absolute atomic E-state index is 0.0301. The van der Waals surface area contributed by atoms with Crippen LogP contribution in [0.15, 0.2) is 60.8 Å². The highest BCUT2D eigenvalue weighted by Crippen LogP contribution is 2.15. The van der Waals surface area contributed by atoms with Crippen LogP contribution < -0.4 is 5.11 Å². The molecule has 0 aliphatic rings. The summed E-state index contributed by atoms with van der Waals surface area (Å²) in [5.74, 6) is -1.76. The molecular formula is C53H93NO7. The second-order valence-corrected chi connectivity index (χ2v) is 17.7. The molecule has 0 N–H and O–H groups in total. The van der Waals surface area contributed by atoms with Crippen LogP contribution in [0.1, 0.15) is 206 Å². The van der Waals surface area contributed by atoms with Gasteiger partial charge in [-0.3, -0.25) is 9.59 Å². The molecule has 8 nitrogen and oxygen atoms in total. The quantitative estimate of drug-likeness (QED) is 0.0260. The van der Waals surface area contributed by atoms with E-state index in [2.05, 4.69) is 74.6 Å². The number of ether oxygens (including phenoxy) is 3. The summed E-state index contributed by atoms with van der Waals surface area (Å²) in [4.78, 5) is 37.0. The number of nitrogens with zero attached hydrogens (tertiary/aromatic N) is 1. The van der Waals surface area contributed by atoms with Crippen LogP contribution in [-0.2, 0) is 28.6 Å². The first-order chi connectivity index (χ1) is 29.6. The van der Waals surface area contributed by atoms with Crippen LogP contribution >= 0.6 is 0 Å². The number of allylic oxidation sites excluding steroid dienone is 10. The number of rotatable bonds is 44. The Hall–Kier alpha value is -2.97. The molecule has 0 aromatic heterocycles. The minimum atomic E-state index is -1.13. The Labute approximate surface area is 375 Å². The maximum atomic E-state index is 12.8. The molecule has 352 valence electrons. The molecule has 2 atom stereocenters. The van der Waals surface area contributed by atoms with Crippen LogP contribution in [0.5, 0.6) is 0 Å². The van der Waals surface area contributed by atoms with E-state index in [1.165, 1.54) is 89.9 Å². The van der Waals surface area contributed by atoms with E-state index in [9.17, 15) is 19.5 Å². The summed E-state index contributed by atoms with van der Waals surface area (Å²) in [6, 6.07) is -0.732. The summed E-state index contributed by atoms with van der Waals surface area (Å²) in [5, 5.41) is 11.7. The van der Waals surface area contributed by atoms with Crippen LogP contribution in [-0.4, -0.2) is 75.5 Å². The molecule has 0 amide bonds. The molecule has 0 radical (unpaired) electrons. The fourth-order valence-corrected chi connectivity index (χ4v) is 7.10. The third kappa shape index (κ3) is 42.1. The third-order valence-corrected chi connectivity index (χ3v) is 10.9. The summed E-state index contributed by atoms with van der Waals surface area (Å²) >= 11 is 0. The number of hydrogen-bond donors (Lipinski definition) is 0. The van der Waals surface area contributed by atoms with Crippen molar-refractivity contribution in [2.45, 2.75) is 219 Å². The van der Waals surface area contributed by atoms with Gasteiger partial charge in [0.1, 0.15) is 12.6 Å². The number of hydrogen-bond acceptors (Lipinski definition) is 7. The lowest BCUT2D eigenvalue weighted by molar-refractivity contribution is -0.889. The van der Waals surface area contributed by atoms with Gasteiger partial charge in [0, 0.05) is 19.3 Å². The number of quaternary nitrogens is 1. The summed E-state index contributed by atoms with van der Waals surface area (Å²) in [7, 11) is 5.40. The first-order valence-electron chi connectivity index (χ1n) is 24.8. The number of carboxylic acids is 1. The second kappa shape index (κ2) is 43.7. The maximum Gasteiger partial charge on any atom is 0.306 e. The molecule has 0 saturated carbocycles. The van der Waals surface area contributed by atoms with Gasteiger partial charge in [0.15, 0.2) is 6.10 Å². The lowest BCUT2D eigenvalue weighted by atomic mass is 10.0. The number of aliphatic carboxylic acids is 1. The zero-order chi connectivity index (χ0) is 44.9. The highest BCUT2D eigenvalue weighted by molar-refractivity contribution is 5.70. The van der Waals surface area contributed by atoms with E-state index >= 15 is 0 Å². The third-order valence-electron chi connectivity index (χ3n) is 10.9. The van der Waals surface area contributed by atoms with Gasteiger partial charge < -0.3 is 28.6 Å². The largest absolute Gasteiger partial charge is 0.544 e. The number of carbonyl (C=O) groups is 3. The van der Waals surface area contributed by atoms with Crippen molar-refractivity contribution in [1.82, 2.24) is 0 Å². The minimum Gasteiger partial charge on any atom is -0.544 e. The van der Waals surface area contributed by atoms with Gasteiger partial charge in [-0.15, -0.1) is 0 Å².